The lowest BCUT2D eigenvalue weighted by molar-refractivity contribution is -0.135. The zero-order valence-electron chi connectivity index (χ0n) is 15.0. The highest BCUT2D eigenvalue weighted by Crippen LogP contribution is 2.22. The number of carbonyl (C=O) groups excluding carboxylic acids is 1. The summed E-state index contributed by atoms with van der Waals surface area (Å²) >= 11 is 0. The maximum absolute atomic E-state index is 12.5. The number of hydrogen-bond donors (Lipinski definition) is 0. The van der Waals surface area contributed by atoms with E-state index in [9.17, 15) is 4.79 Å². The molecule has 0 N–H and O–H groups in total. The van der Waals surface area contributed by atoms with Crippen LogP contribution in [0.25, 0.3) is 11.0 Å². The molecule has 130 valence electrons. The van der Waals surface area contributed by atoms with Crippen molar-refractivity contribution in [1.29, 1.82) is 0 Å². The Morgan fingerprint density at radius 3 is 2.88 bits per heavy atom. The van der Waals surface area contributed by atoms with Gasteiger partial charge in [0.2, 0.25) is 5.91 Å². The van der Waals surface area contributed by atoms with E-state index in [4.69, 9.17) is 4.98 Å². The van der Waals surface area contributed by atoms with E-state index in [0.717, 1.165) is 56.9 Å². The van der Waals surface area contributed by atoms with E-state index >= 15 is 0 Å². The van der Waals surface area contributed by atoms with Crippen LogP contribution in [0.4, 0.5) is 0 Å². The first kappa shape index (κ1) is 17.0. The molecule has 0 bridgehead atoms. The van der Waals surface area contributed by atoms with E-state index in [1.807, 2.05) is 24.9 Å². The van der Waals surface area contributed by atoms with Crippen LogP contribution >= 0.6 is 0 Å². The van der Waals surface area contributed by atoms with Gasteiger partial charge in [-0.05, 0) is 45.4 Å². The van der Waals surface area contributed by atoms with Crippen LogP contribution in [0.5, 0.6) is 0 Å². The number of nitrogens with zero attached hydrogens (tertiary/aromatic N) is 4. The lowest BCUT2D eigenvalue weighted by Gasteiger charge is -2.33. The number of likely N-dealkylation sites (tertiary alicyclic amines) is 1. The molecular formula is C19H28N4O. The Hall–Kier alpha value is -1.88. The maximum Gasteiger partial charge on any atom is 0.226 e. The number of amides is 1. The minimum Gasteiger partial charge on any atom is -0.346 e. The fourth-order valence-corrected chi connectivity index (χ4v) is 3.67. The Labute approximate surface area is 144 Å². The van der Waals surface area contributed by atoms with Crippen LogP contribution < -0.4 is 0 Å². The molecule has 2 heterocycles. The van der Waals surface area contributed by atoms with Gasteiger partial charge < -0.3 is 9.47 Å². The Balaban J connectivity index is 1.75. The average Bonchev–Trinajstić information content (AvgIpc) is 2.97. The quantitative estimate of drug-likeness (QED) is 0.847. The zero-order valence-corrected chi connectivity index (χ0v) is 15.0. The fraction of sp³-hybridized carbons (Fsp3) is 0.579. The van der Waals surface area contributed by atoms with E-state index < -0.39 is 0 Å². The van der Waals surface area contributed by atoms with Gasteiger partial charge >= 0.3 is 0 Å². The SMILES string of the molecule is CCN(C)C(=O)[C@H]1CCCN(Cc2nc3ccccc3n2CC)C1. The maximum atomic E-state index is 12.5. The number of fused-ring (bicyclic) bond motifs is 1. The summed E-state index contributed by atoms with van der Waals surface area (Å²) in [5.74, 6) is 1.52. The summed E-state index contributed by atoms with van der Waals surface area (Å²) in [6, 6.07) is 8.31. The van der Waals surface area contributed by atoms with Gasteiger partial charge in [0.25, 0.3) is 0 Å². The summed E-state index contributed by atoms with van der Waals surface area (Å²) < 4.78 is 2.29. The number of piperidine rings is 1. The van der Waals surface area contributed by atoms with Crippen LogP contribution in [0.1, 0.15) is 32.5 Å². The Morgan fingerprint density at radius 1 is 1.33 bits per heavy atom. The minimum absolute atomic E-state index is 0.128. The number of aromatic nitrogens is 2. The molecule has 1 aliphatic rings. The van der Waals surface area contributed by atoms with Crippen molar-refractivity contribution >= 4 is 16.9 Å². The fourth-order valence-electron chi connectivity index (χ4n) is 3.67. The van der Waals surface area contributed by atoms with E-state index in [1.54, 1.807) is 0 Å². The van der Waals surface area contributed by atoms with Gasteiger partial charge in [-0.15, -0.1) is 0 Å². The number of imidazole rings is 1. The van der Waals surface area contributed by atoms with Crippen LogP contribution in [-0.2, 0) is 17.9 Å². The van der Waals surface area contributed by atoms with Crippen LogP contribution in [0.3, 0.4) is 0 Å². The lowest BCUT2D eigenvalue weighted by atomic mass is 9.96. The molecule has 1 atom stereocenters. The largest absolute Gasteiger partial charge is 0.346 e. The number of benzene rings is 1. The topological polar surface area (TPSA) is 41.4 Å². The van der Waals surface area contributed by atoms with Crippen molar-refractivity contribution < 1.29 is 4.79 Å². The highest BCUT2D eigenvalue weighted by atomic mass is 16.2. The predicted molar refractivity (Wildman–Crippen MR) is 96.7 cm³/mol. The third kappa shape index (κ3) is 3.31. The molecule has 0 saturated carbocycles. The summed E-state index contributed by atoms with van der Waals surface area (Å²) in [5, 5.41) is 0. The van der Waals surface area contributed by atoms with Crippen molar-refractivity contribution in [3.05, 3.63) is 30.1 Å². The van der Waals surface area contributed by atoms with E-state index in [2.05, 4.69) is 34.6 Å². The van der Waals surface area contributed by atoms with Crippen LogP contribution in [0, 0.1) is 5.92 Å². The van der Waals surface area contributed by atoms with E-state index in [1.165, 1.54) is 5.52 Å². The molecule has 0 radical (unpaired) electrons. The Kier molecular flexibility index (Phi) is 5.19. The summed E-state index contributed by atoms with van der Waals surface area (Å²) in [4.78, 5) is 21.5. The van der Waals surface area contributed by atoms with Gasteiger partial charge in [-0.2, -0.15) is 0 Å². The Bertz CT molecular complexity index is 708. The van der Waals surface area contributed by atoms with Crippen LogP contribution in [0.2, 0.25) is 0 Å². The lowest BCUT2D eigenvalue weighted by Crippen LogP contribution is -2.43. The number of aryl methyl sites for hydroxylation is 1. The van der Waals surface area contributed by atoms with Gasteiger partial charge in [0.05, 0.1) is 23.5 Å². The van der Waals surface area contributed by atoms with Crippen molar-refractivity contribution in [1.82, 2.24) is 19.4 Å². The third-order valence-corrected chi connectivity index (χ3v) is 5.12. The molecule has 1 aromatic heterocycles. The first-order valence-electron chi connectivity index (χ1n) is 9.05. The Morgan fingerprint density at radius 2 is 2.12 bits per heavy atom. The van der Waals surface area contributed by atoms with Crippen molar-refractivity contribution in [3.8, 4) is 0 Å². The number of carbonyl (C=O) groups is 1. The molecule has 1 aliphatic heterocycles. The normalized spacial score (nSPS) is 18.9. The molecule has 0 aliphatic carbocycles. The average molecular weight is 328 g/mol. The van der Waals surface area contributed by atoms with Crippen LogP contribution in [0.15, 0.2) is 24.3 Å². The highest BCUT2D eigenvalue weighted by Gasteiger charge is 2.28. The molecule has 1 fully saturated rings. The van der Waals surface area contributed by atoms with Gasteiger partial charge in [-0.1, -0.05) is 12.1 Å². The highest BCUT2D eigenvalue weighted by molar-refractivity contribution is 5.79. The van der Waals surface area contributed by atoms with E-state index in [-0.39, 0.29) is 11.8 Å². The number of rotatable bonds is 5. The second-order valence-corrected chi connectivity index (χ2v) is 6.69. The van der Waals surface area contributed by atoms with E-state index in [0.29, 0.717) is 0 Å². The van der Waals surface area contributed by atoms with Crippen molar-refractivity contribution in [2.24, 2.45) is 5.92 Å². The summed E-state index contributed by atoms with van der Waals surface area (Å²) in [6.07, 6.45) is 2.09. The second-order valence-electron chi connectivity index (χ2n) is 6.69. The number of hydrogen-bond acceptors (Lipinski definition) is 3. The number of para-hydroxylation sites is 2. The molecule has 1 aromatic carbocycles. The smallest absolute Gasteiger partial charge is 0.226 e. The third-order valence-electron chi connectivity index (χ3n) is 5.12. The molecule has 0 unspecified atom stereocenters. The first-order chi connectivity index (χ1) is 11.6. The minimum atomic E-state index is 0.128. The molecule has 1 saturated heterocycles. The summed E-state index contributed by atoms with van der Waals surface area (Å²) in [6.45, 7) is 8.61. The summed E-state index contributed by atoms with van der Waals surface area (Å²) in [5.41, 5.74) is 2.26. The van der Waals surface area contributed by atoms with Crippen molar-refractivity contribution in [2.75, 3.05) is 26.7 Å². The zero-order chi connectivity index (χ0) is 17.1. The van der Waals surface area contributed by atoms with Gasteiger partial charge in [0.15, 0.2) is 0 Å². The molecule has 5 heteroatoms. The molecular weight excluding hydrogens is 300 g/mol. The molecule has 3 rings (SSSR count). The first-order valence-corrected chi connectivity index (χ1v) is 9.05. The van der Waals surface area contributed by atoms with Gasteiger partial charge in [0.1, 0.15) is 5.82 Å². The van der Waals surface area contributed by atoms with Crippen molar-refractivity contribution in [2.45, 2.75) is 39.8 Å². The van der Waals surface area contributed by atoms with Gasteiger partial charge in [-0.25, -0.2) is 4.98 Å². The molecule has 1 amide bonds. The molecule has 0 spiro atoms. The van der Waals surface area contributed by atoms with Crippen LogP contribution in [-0.4, -0.2) is 51.9 Å². The standard InChI is InChI=1S/C19H28N4O/c1-4-21(3)19(24)15-9-8-12-22(13-15)14-18-20-16-10-6-7-11-17(16)23(18)5-2/h6-7,10-11,15H,4-5,8-9,12-14H2,1-3H3/t15-/m0/s1. The van der Waals surface area contributed by atoms with Crippen molar-refractivity contribution in [3.63, 3.8) is 0 Å². The molecule has 24 heavy (non-hydrogen) atoms. The van der Waals surface area contributed by atoms with Gasteiger partial charge in [0, 0.05) is 26.7 Å². The monoisotopic (exact) mass is 328 g/mol. The molecule has 2 aromatic rings. The predicted octanol–water partition coefficient (Wildman–Crippen LogP) is 2.75. The summed E-state index contributed by atoms with van der Waals surface area (Å²) in [7, 11) is 1.90. The molecule has 5 nitrogen and oxygen atoms in total. The van der Waals surface area contributed by atoms with Gasteiger partial charge in [-0.3, -0.25) is 9.69 Å². The second kappa shape index (κ2) is 7.34.